The van der Waals surface area contributed by atoms with Crippen LogP contribution in [-0.2, 0) is 0 Å². The largest absolute Gasteiger partial charge is 0.390 e. The third kappa shape index (κ3) is 2.47. The van der Waals surface area contributed by atoms with Gasteiger partial charge in [0.05, 0.1) is 11.2 Å². The Balaban J connectivity index is 1.83. The van der Waals surface area contributed by atoms with Crippen LogP contribution < -0.4 is 0 Å². The Hall–Kier alpha value is -0.340. The lowest BCUT2D eigenvalue weighted by atomic mass is 9.72. The van der Waals surface area contributed by atoms with Crippen molar-refractivity contribution in [3.05, 3.63) is 11.6 Å². The van der Waals surface area contributed by atoms with E-state index in [-0.39, 0.29) is 11.8 Å². The number of allylic oxidation sites excluding steroid dienone is 2. The second kappa shape index (κ2) is 5.08. The summed E-state index contributed by atoms with van der Waals surface area (Å²) in [6.45, 7) is 10.8. The smallest absolute Gasteiger partial charge is 0.0654 e. The summed E-state index contributed by atoms with van der Waals surface area (Å²) in [6.07, 6.45) is 8.61. The van der Waals surface area contributed by atoms with Crippen molar-refractivity contribution < 1.29 is 10.2 Å². The van der Waals surface area contributed by atoms with Crippen molar-refractivity contribution in [1.29, 1.82) is 0 Å². The third-order valence-corrected chi connectivity index (χ3v) is 7.43. The normalized spacial score (nSPS) is 53.4. The number of hydrogen-bond donors (Lipinski definition) is 2. The van der Waals surface area contributed by atoms with Gasteiger partial charge in [0.15, 0.2) is 0 Å². The Bertz CT molecular complexity index is 472. The van der Waals surface area contributed by atoms with Crippen molar-refractivity contribution in [2.75, 3.05) is 0 Å². The van der Waals surface area contributed by atoms with Crippen LogP contribution in [0, 0.1) is 29.1 Å². The number of rotatable bonds is 3. The lowest BCUT2D eigenvalue weighted by Gasteiger charge is -2.38. The molecule has 3 aliphatic carbocycles. The lowest BCUT2D eigenvalue weighted by Crippen LogP contribution is -2.43. The molecule has 0 radical (unpaired) electrons. The molecule has 0 unspecified atom stereocenters. The zero-order valence-electron chi connectivity index (χ0n) is 15.0. The molecule has 2 heteroatoms. The van der Waals surface area contributed by atoms with Crippen molar-refractivity contribution in [2.24, 2.45) is 29.1 Å². The summed E-state index contributed by atoms with van der Waals surface area (Å²) >= 11 is 0. The Kier molecular flexibility index (Phi) is 3.81. The van der Waals surface area contributed by atoms with Gasteiger partial charge in [-0.15, -0.1) is 0 Å². The van der Waals surface area contributed by atoms with Crippen molar-refractivity contribution in [2.45, 2.75) is 84.3 Å². The van der Waals surface area contributed by atoms with Crippen LogP contribution in [0.3, 0.4) is 0 Å². The molecular formula is C20H34O2. The molecule has 3 saturated carbocycles. The first-order valence-electron chi connectivity index (χ1n) is 9.18. The topological polar surface area (TPSA) is 40.5 Å². The molecule has 0 aromatic heterocycles. The zero-order chi connectivity index (χ0) is 16.3. The van der Waals surface area contributed by atoms with E-state index in [9.17, 15) is 10.2 Å². The van der Waals surface area contributed by atoms with Crippen molar-refractivity contribution in [3.8, 4) is 0 Å². The Morgan fingerprint density at radius 1 is 0.955 bits per heavy atom. The van der Waals surface area contributed by atoms with Crippen LogP contribution in [0.2, 0.25) is 0 Å². The molecular weight excluding hydrogens is 272 g/mol. The second-order valence-electron chi connectivity index (χ2n) is 9.38. The molecule has 3 fully saturated rings. The standard InChI is InChI=1S/C20H34O2/c1-13(2)7-6-10-18(3)14-8-11-19(4,21)15-9-12-20(5,22)17(15)16(14)18/h7,14-17,21-22H,6,8-12H2,1-5H3/t14-,15-,16-,17-,18+,19-,20+/m1/s1. The van der Waals surface area contributed by atoms with Gasteiger partial charge >= 0.3 is 0 Å². The van der Waals surface area contributed by atoms with E-state index in [2.05, 4.69) is 26.8 Å². The highest BCUT2D eigenvalue weighted by Crippen LogP contribution is 2.73. The van der Waals surface area contributed by atoms with E-state index in [4.69, 9.17) is 0 Å². The summed E-state index contributed by atoms with van der Waals surface area (Å²) in [6, 6.07) is 0. The van der Waals surface area contributed by atoms with E-state index in [0.717, 1.165) is 32.1 Å². The summed E-state index contributed by atoms with van der Waals surface area (Å²) in [4.78, 5) is 0. The van der Waals surface area contributed by atoms with Gasteiger partial charge in [-0.05, 0) is 95.3 Å². The van der Waals surface area contributed by atoms with Gasteiger partial charge in [-0.3, -0.25) is 0 Å². The van der Waals surface area contributed by atoms with E-state index in [1.807, 2.05) is 13.8 Å². The predicted octanol–water partition coefficient (Wildman–Crippen LogP) is 4.31. The molecule has 0 saturated heterocycles. The van der Waals surface area contributed by atoms with Crippen molar-refractivity contribution >= 4 is 0 Å². The van der Waals surface area contributed by atoms with Crippen LogP contribution >= 0.6 is 0 Å². The van der Waals surface area contributed by atoms with Crippen LogP contribution in [0.1, 0.15) is 73.1 Å². The van der Waals surface area contributed by atoms with Gasteiger partial charge in [0.1, 0.15) is 0 Å². The van der Waals surface area contributed by atoms with Crippen LogP contribution in [0.4, 0.5) is 0 Å². The SMILES string of the molecule is CC(C)=CCC[C@]1(C)[C@H]2[C@H]3[C@@H](CC[C@]3(C)O)[C@](C)(O)CC[C@H]21. The zero-order valence-corrected chi connectivity index (χ0v) is 15.0. The first-order chi connectivity index (χ1) is 10.1. The second-order valence-corrected chi connectivity index (χ2v) is 9.38. The molecule has 7 atom stereocenters. The first kappa shape index (κ1) is 16.5. The number of fused-ring (bicyclic) bond motifs is 3. The maximum atomic E-state index is 11.0. The molecule has 0 bridgehead atoms. The first-order valence-corrected chi connectivity index (χ1v) is 9.18. The minimum absolute atomic E-state index is 0.280. The highest BCUT2D eigenvalue weighted by molar-refractivity contribution is 5.19. The van der Waals surface area contributed by atoms with E-state index in [1.54, 1.807) is 0 Å². The number of aliphatic hydroxyl groups is 2. The monoisotopic (exact) mass is 306 g/mol. The fourth-order valence-electron chi connectivity index (χ4n) is 6.09. The summed E-state index contributed by atoms with van der Waals surface area (Å²) in [5, 5.41) is 21.9. The predicted molar refractivity (Wildman–Crippen MR) is 90.4 cm³/mol. The van der Waals surface area contributed by atoms with Gasteiger partial charge in [-0.2, -0.15) is 0 Å². The van der Waals surface area contributed by atoms with E-state index in [0.29, 0.717) is 17.3 Å². The number of hydrogen-bond acceptors (Lipinski definition) is 2. The highest BCUT2D eigenvalue weighted by Gasteiger charge is 2.70. The Morgan fingerprint density at radius 3 is 2.18 bits per heavy atom. The van der Waals surface area contributed by atoms with Gasteiger partial charge < -0.3 is 10.2 Å². The van der Waals surface area contributed by atoms with Crippen molar-refractivity contribution in [1.82, 2.24) is 0 Å². The summed E-state index contributed by atoms with van der Waals surface area (Å²) in [5.41, 5.74) is 0.605. The molecule has 0 heterocycles. The molecule has 0 aromatic carbocycles. The average molecular weight is 306 g/mol. The van der Waals surface area contributed by atoms with Crippen LogP contribution in [0.15, 0.2) is 11.6 Å². The summed E-state index contributed by atoms with van der Waals surface area (Å²) in [7, 11) is 0. The molecule has 2 nitrogen and oxygen atoms in total. The molecule has 126 valence electrons. The maximum Gasteiger partial charge on any atom is 0.0654 e. The molecule has 2 N–H and O–H groups in total. The quantitative estimate of drug-likeness (QED) is 0.763. The maximum absolute atomic E-state index is 11.0. The van der Waals surface area contributed by atoms with E-state index >= 15 is 0 Å². The third-order valence-electron chi connectivity index (χ3n) is 7.43. The molecule has 22 heavy (non-hydrogen) atoms. The van der Waals surface area contributed by atoms with Crippen LogP contribution in [-0.4, -0.2) is 21.4 Å². The lowest BCUT2D eigenvalue weighted by molar-refractivity contribution is -0.0672. The molecule has 0 spiro atoms. The molecule has 3 rings (SSSR count). The van der Waals surface area contributed by atoms with Gasteiger partial charge in [-0.25, -0.2) is 0 Å². The van der Waals surface area contributed by atoms with Crippen LogP contribution in [0.25, 0.3) is 0 Å². The fourth-order valence-corrected chi connectivity index (χ4v) is 6.09. The molecule has 0 aromatic rings. The molecule has 0 amide bonds. The summed E-state index contributed by atoms with van der Waals surface area (Å²) < 4.78 is 0. The fraction of sp³-hybridized carbons (Fsp3) is 0.900. The Labute approximate surface area is 136 Å². The van der Waals surface area contributed by atoms with Crippen molar-refractivity contribution in [3.63, 3.8) is 0 Å². The van der Waals surface area contributed by atoms with Gasteiger partial charge in [0.2, 0.25) is 0 Å². The summed E-state index contributed by atoms with van der Waals surface area (Å²) in [5.74, 6) is 1.87. The molecule has 0 aliphatic heterocycles. The van der Waals surface area contributed by atoms with Gasteiger partial charge in [0.25, 0.3) is 0 Å². The van der Waals surface area contributed by atoms with E-state index in [1.165, 1.54) is 12.0 Å². The minimum atomic E-state index is -0.587. The average Bonchev–Trinajstić information content (AvgIpc) is 2.84. The van der Waals surface area contributed by atoms with Gasteiger partial charge in [-0.1, -0.05) is 18.6 Å². The van der Waals surface area contributed by atoms with Crippen LogP contribution in [0.5, 0.6) is 0 Å². The Morgan fingerprint density at radius 2 is 1.55 bits per heavy atom. The minimum Gasteiger partial charge on any atom is -0.390 e. The molecule has 3 aliphatic rings. The van der Waals surface area contributed by atoms with E-state index < -0.39 is 11.2 Å². The highest BCUT2D eigenvalue weighted by atomic mass is 16.3. The van der Waals surface area contributed by atoms with Gasteiger partial charge in [0, 0.05) is 0 Å².